The molecule has 0 radical (unpaired) electrons. The van der Waals surface area contributed by atoms with Crippen molar-refractivity contribution in [1.29, 1.82) is 5.26 Å². The van der Waals surface area contributed by atoms with Crippen LogP contribution < -0.4 is 10.6 Å². The molecule has 0 saturated heterocycles. The third-order valence-corrected chi connectivity index (χ3v) is 3.06. The largest absolute Gasteiger partial charge is 0.356 e. The van der Waals surface area contributed by atoms with Gasteiger partial charge in [-0.3, -0.25) is 4.79 Å². The van der Waals surface area contributed by atoms with Gasteiger partial charge in [-0.05, 0) is 35.9 Å². The Balaban J connectivity index is 2.09. The minimum absolute atomic E-state index is 0.0654. The van der Waals surface area contributed by atoms with Gasteiger partial charge in [-0.2, -0.15) is 5.26 Å². The van der Waals surface area contributed by atoms with Gasteiger partial charge in [0, 0.05) is 17.9 Å². The standard InChI is InChI=1S/C19H17N3O/c1-2-12-21-19(23)16(14-20)13-15-8-10-18(11-9-15)22-17-6-4-3-5-7-17/h2-11,13,22H,1,12H2,(H,21,23)/b16-13+. The van der Waals surface area contributed by atoms with Crippen LogP contribution in [0.5, 0.6) is 0 Å². The van der Waals surface area contributed by atoms with E-state index in [2.05, 4.69) is 17.2 Å². The van der Waals surface area contributed by atoms with Crippen molar-refractivity contribution in [1.82, 2.24) is 5.32 Å². The Labute approximate surface area is 135 Å². The quantitative estimate of drug-likeness (QED) is 0.486. The molecule has 0 aromatic heterocycles. The lowest BCUT2D eigenvalue weighted by Crippen LogP contribution is -2.24. The van der Waals surface area contributed by atoms with E-state index in [1.165, 1.54) is 0 Å². The van der Waals surface area contributed by atoms with Gasteiger partial charge in [0.15, 0.2) is 0 Å². The lowest BCUT2D eigenvalue weighted by molar-refractivity contribution is -0.116. The molecule has 0 heterocycles. The number of nitrogens with one attached hydrogen (secondary N) is 2. The summed E-state index contributed by atoms with van der Waals surface area (Å²) in [5.41, 5.74) is 2.78. The van der Waals surface area contributed by atoms with Crippen molar-refractivity contribution < 1.29 is 4.79 Å². The van der Waals surface area contributed by atoms with Crippen LogP contribution in [-0.4, -0.2) is 12.5 Å². The first-order chi connectivity index (χ1) is 11.2. The van der Waals surface area contributed by atoms with E-state index < -0.39 is 5.91 Å². The van der Waals surface area contributed by atoms with Crippen LogP contribution in [0.4, 0.5) is 11.4 Å². The molecule has 2 N–H and O–H groups in total. The summed E-state index contributed by atoms with van der Waals surface area (Å²) in [6.45, 7) is 3.85. The summed E-state index contributed by atoms with van der Waals surface area (Å²) >= 11 is 0. The number of para-hydroxylation sites is 1. The number of hydrogen-bond acceptors (Lipinski definition) is 3. The number of anilines is 2. The van der Waals surface area contributed by atoms with E-state index in [1.54, 1.807) is 12.2 Å². The van der Waals surface area contributed by atoms with Crippen LogP contribution >= 0.6 is 0 Å². The minimum Gasteiger partial charge on any atom is -0.356 e. The van der Waals surface area contributed by atoms with Crippen molar-refractivity contribution in [2.24, 2.45) is 0 Å². The highest BCUT2D eigenvalue weighted by Gasteiger charge is 2.07. The lowest BCUT2D eigenvalue weighted by atomic mass is 10.1. The van der Waals surface area contributed by atoms with Gasteiger partial charge in [-0.15, -0.1) is 6.58 Å². The Morgan fingerprint density at radius 1 is 1.09 bits per heavy atom. The third-order valence-electron chi connectivity index (χ3n) is 3.06. The van der Waals surface area contributed by atoms with Crippen molar-refractivity contribution in [3.05, 3.63) is 78.4 Å². The fraction of sp³-hybridized carbons (Fsp3) is 0.0526. The summed E-state index contributed by atoms with van der Waals surface area (Å²) in [4.78, 5) is 11.8. The van der Waals surface area contributed by atoms with Crippen molar-refractivity contribution in [2.45, 2.75) is 0 Å². The molecule has 0 atom stereocenters. The molecule has 0 saturated carbocycles. The van der Waals surface area contributed by atoms with Crippen LogP contribution in [0.2, 0.25) is 0 Å². The Morgan fingerprint density at radius 3 is 2.35 bits per heavy atom. The maximum atomic E-state index is 11.8. The van der Waals surface area contributed by atoms with Crippen LogP contribution in [0.25, 0.3) is 6.08 Å². The number of hydrogen-bond donors (Lipinski definition) is 2. The van der Waals surface area contributed by atoms with Crippen molar-refractivity contribution in [2.75, 3.05) is 11.9 Å². The predicted molar refractivity (Wildman–Crippen MR) is 93.0 cm³/mol. The second kappa shape index (κ2) is 8.20. The fourth-order valence-electron chi connectivity index (χ4n) is 1.93. The van der Waals surface area contributed by atoms with Gasteiger partial charge >= 0.3 is 0 Å². The Morgan fingerprint density at radius 2 is 1.74 bits per heavy atom. The lowest BCUT2D eigenvalue weighted by Gasteiger charge is -2.06. The molecule has 2 rings (SSSR count). The summed E-state index contributed by atoms with van der Waals surface area (Å²) in [5.74, 6) is -0.404. The number of nitriles is 1. The van der Waals surface area contributed by atoms with Gasteiger partial charge in [0.25, 0.3) is 5.91 Å². The minimum atomic E-state index is -0.404. The summed E-state index contributed by atoms with van der Waals surface area (Å²) in [6.07, 6.45) is 3.13. The van der Waals surface area contributed by atoms with E-state index in [1.807, 2.05) is 60.7 Å². The van der Waals surface area contributed by atoms with E-state index in [9.17, 15) is 4.79 Å². The first-order valence-corrected chi connectivity index (χ1v) is 7.16. The molecule has 0 aliphatic heterocycles. The monoisotopic (exact) mass is 303 g/mol. The molecule has 0 aliphatic carbocycles. The Hall–Kier alpha value is -3.32. The van der Waals surface area contributed by atoms with Crippen LogP contribution in [0.1, 0.15) is 5.56 Å². The molecule has 0 aliphatic rings. The Kier molecular flexibility index (Phi) is 5.73. The van der Waals surface area contributed by atoms with Crippen LogP contribution in [0.3, 0.4) is 0 Å². The zero-order chi connectivity index (χ0) is 16.5. The predicted octanol–water partition coefficient (Wildman–Crippen LogP) is 3.64. The molecular formula is C19H17N3O. The van der Waals surface area contributed by atoms with Gasteiger partial charge in [0.1, 0.15) is 11.6 Å². The maximum absolute atomic E-state index is 11.8. The number of nitrogens with zero attached hydrogens (tertiary/aromatic N) is 1. The highest BCUT2D eigenvalue weighted by molar-refractivity contribution is 6.01. The first kappa shape index (κ1) is 16.1. The number of benzene rings is 2. The summed E-state index contributed by atoms with van der Waals surface area (Å²) in [5, 5.41) is 14.9. The maximum Gasteiger partial charge on any atom is 0.262 e. The summed E-state index contributed by atoms with van der Waals surface area (Å²) in [7, 11) is 0. The number of carbonyl (C=O) groups excluding carboxylic acids is 1. The first-order valence-electron chi connectivity index (χ1n) is 7.16. The average Bonchev–Trinajstić information content (AvgIpc) is 2.60. The van der Waals surface area contributed by atoms with Gasteiger partial charge < -0.3 is 10.6 Å². The third kappa shape index (κ3) is 4.87. The zero-order valence-corrected chi connectivity index (χ0v) is 12.6. The molecule has 4 nitrogen and oxygen atoms in total. The van der Waals surface area contributed by atoms with E-state index >= 15 is 0 Å². The van der Waals surface area contributed by atoms with Crippen molar-refractivity contribution in [3.8, 4) is 6.07 Å². The molecule has 0 fully saturated rings. The summed E-state index contributed by atoms with van der Waals surface area (Å²) < 4.78 is 0. The highest BCUT2D eigenvalue weighted by atomic mass is 16.1. The smallest absolute Gasteiger partial charge is 0.262 e. The normalized spacial score (nSPS) is 10.5. The highest BCUT2D eigenvalue weighted by Crippen LogP contribution is 2.17. The average molecular weight is 303 g/mol. The molecular weight excluding hydrogens is 286 g/mol. The van der Waals surface area contributed by atoms with E-state index in [4.69, 9.17) is 5.26 Å². The molecule has 0 spiro atoms. The van der Waals surface area contributed by atoms with Crippen LogP contribution in [0, 0.1) is 11.3 Å². The Bertz CT molecular complexity index is 740. The van der Waals surface area contributed by atoms with E-state index in [-0.39, 0.29) is 5.57 Å². The van der Waals surface area contributed by atoms with Gasteiger partial charge in [-0.25, -0.2) is 0 Å². The summed E-state index contributed by atoms with van der Waals surface area (Å²) in [6, 6.07) is 19.2. The number of rotatable bonds is 6. The van der Waals surface area contributed by atoms with Gasteiger partial charge in [0.05, 0.1) is 0 Å². The number of carbonyl (C=O) groups is 1. The topological polar surface area (TPSA) is 64.9 Å². The molecule has 1 amide bonds. The second-order valence-electron chi connectivity index (χ2n) is 4.78. The van der Waals surface area contributed by atoms with E-state index in [0.29, 0.717) is 6.54 Å². The molecule has 4 heteroatoms. The van der Waals surface area contributed by atoms with Gasteiger partial charge in [-0.1, -0.05) is 36.4 Å². The molecule has 0 unspecified atom stereocenters. The van der Waals surface area contributed by atoms with E-state index in [0.717, 1.165) is 16.9 Å². The van der Waals surface area contributed by atoms with Crippen LogP contribution in [0.15, 0.2) is 72.8 Å². The molecule has 2 aromatic carbocycles. The molecule has 0 bridgehead atoms. The SMILES string of the molecule is C=CCNC(=O)/C(C#N)=C/c1ccc(Nc2ccccc2)cc1. The van der Waals surface area contributed by atoms with Crippen LogP contribution in [-0.2, 0) is 4.79 Å². The fourth-order valence-corrected chi connectivity index (χ4v) is 1.93. The second-order valence-corrected chi connectivity index (χ2v) is 4.78. The molecule has 114 valence electrons. The number of amides is 1. The molecule has 2 aromatic rings. The van der Waals surface area contributed by atoms with Crippen molar-refractivity contribution in [3.63, 3.8) is 0 Å². The van der Waals surface area contributed by atoms with Crippen molar-refractivity contribution >= 4 is 23.4 Å². The van der Waals surface area contributed by atoms with Gasteiger partial charge in [0.2, 0.25) is 0 Å². The zero-order valence-electron chi connectivity index (χ0n) is 12.6. The molecule has 23 heavy (non-hydrogen) atoms.